The summed E-state index contributed by atoms with van der Waals surface area (Å²) in [7, 11) is 0. The van der Waals surface area contributed by atoms with Gasteiger partial charge < -0.3 is 10.4 Å². The average molecular weight is 475 g/mol. The molecule has 178 valence electrons. The Morgan fingerprint density at radius 2 is 1.86 bits per heavy atom. The lowest BCUT2D eigenvalue weighted by Gasteiger charge is -2.21. The van der Waals surface area contributed by atoms with Crippen LogP contribution >= 0.6 is 0 Å². The van der Waals surface area contributed by atoms with Crippen molar-refractivity contribution in [1.29, 1.82) is 0 Å². The molecule has 0 bridgehead atoms. The van der Waals surface area contributed by atoms with Gasteiger partial charge in [-0.05, 0) is 74.2 Å². The maximum Gasteiger partial charge on any atom is 0.337 e. The monoisotopic (exact) mass is 474 g/mol. The van der Waals surface area contributed by atoms with Crippen LogP contribution in [0.25, 0.3) is 22.2 Å². The minimum Gasteiger partial charge on any atom is -0.478 e. The average Bonchev–Trinajstić information content (AvgIpc) is 3.68. The molecule has 0 unspecified atom stereocenters. The molecule has 0 spiro atoms. The zero-order chi connectivity index (χ0) is 24.7. The van der Waals surface area contributed by atoms with Gasteiger partial charge in [0.2, 0.25) is 0 Å². The molecule has 35 heavy (non-hydrogen) atoms. The number of alkyl halides is 2. The van der Waals surface area contributed by atoms with Gasteiger partial charge >= 0.3 is 5.97 Å². The summed E-state index contributed by atoms with van der Waals surface area (Å²) in [5, 5.41) is 22.0. The molecule has 2 aromatic heterocycles. The molecule has 2 N–H and O–H groups in total. The van der Waals surface area contributed by atoms with Gasteiger partial charge in [0.1, 0.15) is 5.69 Å². The summed E-state index contributed by atoms with van der Waals surface area (Å²) >= 11 is 0. The smallest absolute Gasteiger partial charge is 0.337 e. The number of benzene rings is 2. The van der Waals surface area contributed by atoms with Crippen molar-refractivity contribution in [2.75, 3.05) is 5.32 Å². The molecule has 0 radical (unpaired) electrons. The number of pyridine rings is 1. The van der Waals surface area contributed by atoms with Gasteiger partial charge in [0.15, 0.2) is 0 Å². The van der Waals surface area contributed by atoms with E-state index in [0.29, 0.717) is 28.2 Å². The van der Waals surface area contributed by atoms with Crippen LogP contribution in [0.4, 0.5) is 14.5 Å². The molecular weight excluding hydrogens is 450 g/mol. The van der Waals surface area contributed by atoms with Gasteiger partial charge in [0.25, 0.3) is 6.43 Å². The van der Waals surface area contributed by atoms with E-state index in [9.17, 15) is 18.7 Å². The summed E-state index contributed by atoms with van der Waals surface area (Å²) in [6, 6.07) is 15.3. The number of aromatic carboxylic acids is 1. The molecule has 1 aliphatic rings. The van der Waals surface area contributed by atoms with Crippen molar-refractivity contribution in [2.24, 2.45) is 0 Å². The molecule has 5 rings (SSSR count). The topological polar surface area (TPSA) is 88.0 Å². The number of anilines is 1. The quantitative estimate of drug-likeness (QED) is 0.310. The summed E-state index contributed by atoms with van der Waals surface area (Å²) in [6.07, 6.45) is -0.625. The molecule has 6 nitrogen and oxygen atoms in total. The maximum atomic E-state index is 14.0. The highest BCUT2D eigenvalue weighted by Gasteiger charge is 2.26. The van der Waals surface area contributed by atoms with Crippen LogP contribution in [0.1, 0.15) is 71.0 Å². The number of rotatable bonds is 7. The molecule has 1 atom stereocenters. The molecule has 4 aromatic rings. The highest BCUT2D eigenvalue weighted by atomic mass is 19.3. The zero-order valence-corrected chi connectivity index (χ0v) is 19.3. The first-order valence-corrected chi connectivity index (χ1v) is 11.5. The Morgan fingerprint density at radius 1 is 1.09 bits per heavy atom. The van der Waals surface area contributed by atoms with E-state index < -0.39 is 12.4 Å². The highest BCUT2D eigenvalue weighted by molar-refractivity contribution is 5.94. The van der Waals surface area contributed by atoms with E-state index in [4.69, 9.17) is 0 Å². The molecule has 1 aliphatic carbocycles. The van der Waals surface area contributed by atoms with Gasteiger partial charge in [-0.3, -0.25) is 0 Å². The first kappa shape index (κ1) is 22.8. The molecule has 2 heterocycles. The van der Waals surface area contributed by atoms with Crippen LogP contribution in [0.2, 0.25) is 0 Å². The number of aryl methyl sites for hydroxylation is 1. The first-order valence-electron chi connectivity index (χ1n) is 11.5. The Bertz CT molecular complexity index is 1420. The van der Waals surface area contributed by atoms with Crippen LogP contribution < -0.4 is 5.32 Å². The van der Waals surface area contributed by atoms with E-state index in [1.54, 1.807) is 36.4 Å². The van der Waals surface area contributed by atoms with Crippen molar-refractivity contribution in [3.8, 4) is 11.3 Å². The van der Waals surface area contributed by atoms with Gasteiger partial charge in [0, 0.05) is 28.6 Å². The molecule has 2 aromatic carbocycles. The van der Waals surface area contributed by atoms with Gasteiger partial charge in [-0.2, -0.15) is 10.2 Å². The van der Waals surface area contributed by atoms with Crippen molar-refractivity contribution in [3.63, 3.8) is 0 Å². The fourth-order valence-electron chi connectivity index (χ4n) is 4.38. The van der Waals surface area contributed by atoms with Crippen LogP contribution in [0.3, 0.4) is 0 Å². The Labute approximate surface area is 201 Å². The third kappa shape index (κ3) is 4.56. The zero-order valence-electron chi connectivity index (χ0n) is 19.3. The number of aromatic nitrogens is 3. The second-order valence-corrected chi connectivity index (χ2v) is 8.98. The van der Waals surface area contributed by atoms with Crippen molar-refractivity contribution in [3.05, 3.63) is 82.7 Å². The Morgan fingerprint density at radius 3 is 2.51 bits per heavy atom. The van der Waals surface area contributed by atoms with Crippen LogP contribution in [0, 0.1) is 6.92 Å². The van der Waals surface area contributed by atoms with Crippen molar-refractivity contribution >= 4 is 22.6 Å². The van der Waals surface area contributed by atoms with Crippen molar-refractivity contribution in [2.45, 2.75) is 45.1 Å². The van der Waals surface area contributed by atoms with Crippen LogP contribution in [-0.4, -0.2) is 26.3 Å². The SMILES string of the molecule is Cc1cc([C@@H](C)Nc2ccccc2C(=O)O)c2cc(-c3ccc(C4CC4)nn3)c(C(F)F)nc2c1. The molecule has 0 aliphatic heterocycles. The van der Waals surface area contributed by atoms with E-state index in [0.717, 1.165) is 29.7 Å². The fourth-order valence-corrected chi connectivity index (χ4v) is 4.38. The first-order chi connectivity index (χ1) is 16.8. The number of carboxylic acids is 1. The lowest BCUT2D eigenvalue weighted by atomic mass is 9.96. The molecule has 1 fully saturated rings. The van der Waals surface area contributed by atoms with Crippen LogP contribution in [0.5, 0.6) is 0 Å². The van der Waals surface area contributed by atoms with E-state index in [2.05, 4.69) is 20.5 Å². The second-order valence-electron chi connectivity index (χ2n) is 8.98. The maximum absolute atomic E-state index is 14.0. The summed E-state index contributed by atoms with van der Waals surface area (Å²) < 4.78 is 28.1. The summed E-state index contributed by atoms with van der Waals surface area (Å²) in [6.45, 7) is 3.78. The van der Waals surface area contributed by atoms with Crippen LogP contribution in [0.15, 0.2) is 54.6 Å². The molecule has 0 amide bonds. The van der Waals surface area contributed by atoms with Gasteiger partial charge in [-0.15, -0.1) is 0 Å². The van der Waals surface area contributed by atoms with Gasteiger partial charge in [-0.25, -0.2) is 18.6 Å². The summed E-state index contributed by atoms with van der Waals surface area (Å²) in [5.74, 6) is -0.621. The molecule has 0 saturated heterocycles. The minimum absolute atomic E-state index is 0.154. The third-order valence-corrected chi connectivity index (χ3v) is 6.30. The largest absolute Gasteiger partial charge is 0.478 e. The van der Waals surface area contributed by atoms with E-state index in [1.807, 2.05) is 26.0 Å². The van der Waals surface area contributed by atoms with E-state index in [1.165, 1.54) is 6.07 Å². The lowest BCUT2D eigenvalue weighted by Crippen LogP contribution is -2.12. The lowest BCUT2D eigenvalue weighted by molar-refractivity contribution is 0.0698. The number of hydrogen-bond acceptors (Lipinski definition) is 5. The minimum atomic E-state index is -2.78. The van der Waals surface area contributed by atoms with E-state index in [-0.39, 0.29) is 22.9 Å². The number of fused-ring (bicyclic) bond motifs is 1. The Kier molecular flexibility index (Phi) is 5.88. The number of carbonyl (C=O) groups is 1. The van der Waals surface area contributed by atoms with Gasteiger partial charge in [-0.1, -0.05) is 18.2 Å². The summed E-state index contributed by atoms with van der Waals surface area (Å²) in [4.78, 5) is 16.0. The predicted octanol–water partition coefficient (Wildman–Crippen LogP) is 6.69. The standard InChI is InChI=1S/C27H24F2N4O2/c1-14-11-18(15(2)30-22-6-4-3-5-17(22)27(34)35)19-13-20(25(26(28)29)31-24(19)12-14)23-10-9-21(32-33-23)16-7-8-16/h3-6,9-13,15-16,26,30H,7-8H2,1-2H3,(H,34,35)/t15-/m1/s1. The Balaban J connectivity index is 1.61. The fraction of sp³-hybridized carbons (Fsp3) is 0.259. The second kappa shape index (κ2) is 9.02. The predicted molar refractivity (Wildman–Crippen MR) is 130 cm³/mol. The number of nitrogens with one attached hydrogen (secondary N) is 1. The van der Waals surface area contributed by atoms with Crippen molar-refractivity contribution < 1.29 is 18.7 Å². The molecule has 8 heteroatoms. The van der Waals surface area contributed by atoms with Crippen LogP contribution in [-0.2, 0) is 0 Å². The number of hydrogen-bond donors (Lipinski definition) is 2. The van der Waals surface area contributed by atoms with Crippen molar-refractivity contribution in [1.82, 2.24) is 15.2 Å². The number of nitrogens with zero attached hydrogens (tertiary/aromatic N) is 3. The van der Waals surface area contributed by atoms with E-state index >= 15 is 0 Å². The third-order valence-electron chi connectivity index (χ3n) is 6.30. The highest BCUT2D eigenvalue weighted by Crippen LogP contribution is 2.40. The number of carboxylic acid groups (broad SMARTS) is 1. The Hall–Kier alpha value is -3.94. The molecular formula is C27H24F2N4O2. The van der Waals surface area contributed by atoms with Gasteiger partial charge in [0.05, 0.1) is 22.5 Å². The number of halogens is 2. The molecule has 1 saturated carbocycles. The summed E-state index contributed by atoms with van der Waals surface area (Å²) in [5.41, 5.74) is 3.89. The number of para-hydroxylation sites is 1. The normalized spacial score (nSPS) is 14.3.